The number of hydrogen-bond donors (Lipinski definition) is 1. The van der Waals surface area contributed by atoms with Crippen LogP contribution in [0.5, 0.6) is 0 Å². The van der Waals surface area contributed by atoms with Gasteiger partial charge in [0.2, 0.25) is 5.91 Å². The van der Waals surface area contributed by atoms with Crippen molar-refractivity contribution >= 4 is 16.7 Å². The molecule has 1 fully saturated rings. The summed E-state index contributed by atoms with van der Waals surface area (Å²) in [6.45, 7) is 3.31. The fraction of sp³-hybridized carbons (Fsp3) is 0.320. The monoisotopic (exact) mass is 406 g/mol. The highest BCUT2D eigenvalue weighted by molar-refractivity contribution is 5.83. The minimum atomic E-state index is -0.256. The fourth-order valence-electron chi connectivity index (χ4n) is 4.01. The highest BCUT2D eigenvalue weighted by atomic mass is 19.1. The van der Waals surface area contributed by atoms with E-state index in [2.05, 4.69) is 40.5 Å². The fourth-order valence-corrected chi connectivity index (χ4v) is 4.01. The highest BCUT2D eigenvalue weighted by Gasteiger charge is 2.23. The van der Waals surface area contributed by atoms with Gasteiger partial charge in [0, 0.05) is 26.1 Å². The number of hydrogen-bond acceptors (Lipinski definition) is 3. The lowest BCUT2D eigenvalue weighted by Gasteiger charge is -2.35. The molecule has 0 bridgehead atoms. The molecular formula is C25H27FN2O2. The summed E-state index contributed by atoms with van der Waals surface area (Å²) in [5, 5.41) is 5.45. The molecule has 4 rings (SSSR count). The largest absolute Gasteiger partial charge is 0.379 e. The maximum absolute atomic E-state index is 13.8. The molecular weight excluding hydrogens is 379 g/mol. The minimum Gasteiger partial charge on any atom is -0.379 e. The smallest absolute Gasteiger partial charge is 0.220 e. The quantitative estimate of drug-likeness (QED) is 0.642. The van der Waals surface area contributed by atoms with E-state index in [1.165, 1.54) is 16.8 Å². The van der Waals surface area contributed by atoms with Crippen LogP contribution >= 0.6 is 0 Å². The second kappa shape index (κ2) is 9.83. The van der Waals surface area contributed by atoms with E-state index < -0.39 is 0 Å². The van der Waals surface area contributed by atoms with Crippen molar-refractivity contribution in [1.82, 2.24) is 10.2 Å². The van der Waals surface area contributed by atoms with Gasteiger partial charge in [-0.25, -0.2) is 4.39 Å². The van der Waals surface area contributed by atoms with Crippen LogP contribution in [0.2, 0.25) is 0 Å². The summed E-state index contributed by atoms with van der Waals surface area (Å²) in [6, 6.07) is 21.1. The van der Waals surface area contributed by atoms with E-state index in [0.29, 0.717) is 32.6 Å². The van der Waals surface area contributed by atoms with Crippen LogP contribution in [0.15, 0.2) is 66.7 Å². The maximum Gasteiger partial charge on any atom is 0.220 e. The summed E-state index contributed by atoms with van der Waals surface area (Å²) in [5.74, 6) is -0.244. The van der Waals surface area contributed by atoms with Crippen LogP contribution in [0.4, 0.5) is 4.39 Å². The van der Waals surface area contributed by atoms with E-state index in [9.17, 15) is 9.18 Å². The number of morpholine rings is 1. The SMILES string of the molecule is O=C(CCc1ccc2ccccc2c1)NCC(c1cccc(F)c1)N1CCOCC1. The molecule has 3 aromatic carbocycles. The van der Waals surface area contributed by atoms with Gasteiger partial charge in [-0.05, 0) is 40.5 Å². The van der Waals surface area contributed by atoms with E-state index in [1.807, 2.05) is 18.2 Å². The Hall–Kier alpha value is -2.76. The maximum atomic E-state index is 13.8. The third kappa shape index (κ3) is 5.23. The number of benzene rings is 3. The summed E-state index contributed by atoms with van der Waals surface area (Å²) in [5.41, 5.74) is 2.03. The molecule has 0 spiro atoms. The molecule has 5 heteroatoms. The average Bonchev–Trinajstić information content (AvgIpc) is 2.78. The molecule has 0 aliphatic carbocycles. The summed E-state index contributed by atoms with van der Waals surface area (Å²) >= 11 is 0. The number of fused-ring (bicyclic) bond motifs is 1. The lowest BCUT2D eigenvalue weighted by molar-refractivity contribution is -0.121. The first-order chi connectivity index (χ1) is 14.7. The highest BCUT2D eigenvalue weighted by Crippen LogP contribution is 2.22. The van der Waals surface area contributed by atoms with Gasteiger partial charge in [0.1, 0.15) is 5.82 Å². The molecule has 1 unspecified atom stereocenters. The van der Waals surface area contributed by atoms with Crippen molar-refractivity contribution in [2.24, 2.45) is 0 Å². The van der Waals surface area contributed by atoms with Crippen LogP contribution in [0, 0.1) is 5.82 Å². The Morgan fingerprint density at radius 3 is 2.60 bits per heavy atom. The van der Waals surface area contributed by atoms with Gasteiger partial charge in [-0.1, -0.05) is 54.6 Å². The van der Waals surface area contributed by atoms with Gasteiger partial charge < -0.3 is 10.1 Å². The van der Waals surface area contributed by atoms with Gasteiger partial charge in [0.05, 0.1) is 19.3 Å². The predicted molar refractivity (Wildman–Crippen MR) is 117 cm³/mol. The number of carbonyl (C=O) groups excluding carboxylic acids is 1. The molecule has 0 saturated carbocycles. The summed E-state index contributed by atoms with van der Waals surface area (Å²) < 4.78 is 19.2. The average molecular weight is 407 g/mol. The zero-order valence-electron chi connectivity index (χ0n) is 17.0. The third-order valence-corrected chi connectivity index (χ3v) is 5.67. The number of nitrogens with zero attached hydrogens (tertiary/aromatic N) is 1. The van der Waals surface area contributed by atoms with Crippen LogP contribution in [0.3, 0.4) is 0 Å². The van der Waals surface area contributed by atoms with Crippen LogP contribution in [0.1, 0.15) is 23.6 Å². The van der Waals surface area contributed by atoms with Crippen molar-refractivity contribution in [3.8, 4) is 0 Å². The number of amides is 1. The van der Waals surface area contributed by atoms with Gasteiger partial charge in [0.25, 0.3) is 0 Å². The number of ether oxygens (including phenoxy) is 1. The van der Waals surface area contributed by atoms with E-state index in [-0.39, 0.29) is 17.8 Å². The van der Waals surface area contributed by atoms with E-state index in [0.717, 1.165) is 24.2 Å². The summed E-state index contributed by atoms with van der Waals surface area (Å²) in [4.78, 5) is 14.8. The Balaban J connectivity index is 1.36. The van der Waals surface area contributed by atoms with Crippen LogP contribution < -0.4 is 5.32 Å². The minimum absolute atomic E-state index is 0.0119. The first kappa shape index (κ1) is 20.5. The molecule has 1 saturated heterocycles. The van der Waals surface area contributed by atoms with Crippen molar-refractivity contribution < 1.29 is 13.9 Å². The lowest BCUT2D eigenvalue weighted by Crippen LogP contribution is -2.43. The Morgan fingerprint density at radius 2 is 1.80 bits per heavy atom. The van der Waals surface area contributed by atoms with Gasteiger partial charge in [0.15, 0.2) is 0 Å². The molecule has 1 aliphatic heterocycles. The standard InChI is InChI=1S/C25H27FN2O2/c26-23-7-3-6-22(17-23)24(28-12-14-30-15-13-28)18-27-25(29)11-9-19-8-10-20-4-1-2-5-21(20)16-19/h1-8,10,16-17,24H,9,11-15,18H2,(H,27,29). The Bertz CT molecular complexity index is 1000. The summed E-state index contributed by atoms with van der Waals surface area (Å²) in [6.07, 6.45) is 1.12. The number of nitrogens with one attached hydrogen (secondary N) is 1. The normalized spacial score (nSPS) is 15.8. The Kier molecular flexibility index (Phi) is 6.72. The molecule has 0 aromatic heterocycles. The zero-order valence-corrected chi connectivity index (χ0v) is 17.0. The van der Waals surface area contributed by atoms with Gasteiger partial charge in [-0.3, -0.25) is 9.69 Å². The molecule has 1 aliphatic rings. The molecule has 4 nitrogen and oxygen atoms in total. The molecule has 1 atom stereocenters. The van der Waals surface area contributed by atoms with Gasteiger partial charge in [-0.2, -0.15) is 0 Å². The second-order valence-corrected chi connectivity index (χ2v) is 7.70. The topological polar surface area (TPSA) is 41.6 Å². The van der Waals surface area contributed by atoms with E-state index in [1.54, 1.807) is 12.1 Å². The first-order valence-electron chi connectivity index (χ1n) is 10.5. The van der Waals surface area contributed by atoms with Crippen molar-refractivity contribution in [3.63, 3.8) is 0 Å². The van der Waals surface area contributed by atoms with E-state index in [4.69, 9.17) is 4.74 Å². The molecule has 156 valence electrons. The van der Waals surface area contributed by atoms with Crippen LogP contribution in [-0.4, -0.2) is 43.7 Å². The van der Waals surface area contributed by atoms with Crippen molar-refractivity contribution in [3.05, 3.63) is 83.7 Å². The third-order valence-electron chi connectivity index (χ3n) is 5.67. The second-order valence-electron chi connectivity index (χ2n) is 7.70. The number of rotatable bonds is 7. The van der Waals surface area contributed by atoms with E-state index >= 15 is 0 Å². The first-order valence-corrected chi connectivity index (χ1v) is 10.5. The zero-order chi connectivity index (χ0) is 20.8. The van der Waals surface area contributed by atoms with Gasteiger partial charge in [-0.15, -0.1) is 0 Å². The number of aryl methyl sites for hydroxylation is 1. The molecule has 1 amide bonds. The van der Waals surface area contributed by atoms with Crippen molar-refractivity contribution in [2.75, 3.05) is 32.8 Å². The molecule has 0 radical (unpaired) electrons. The number of carbonyl (C=O) groups is 1. The molecule has 3 aromatic rings. The van der Waals surface area contributed by atoms with Crippen molar-refractivity contribution in [2.45, 2.75) is 18.9 Å². The number of halogens is 1. The lowest BCUT2D eigenvalue weighted by atomic mass is 10.0. The van der Waals surface area contributed by atoms with Crippen LogP contribution in [0.25, 0.3) is 10.8 Å². The van der Waals surface area contributed by atoms with Gasteiger partial charge >= 0.3 is 0 Å². The van der Waals surface area contributed by atoms with Crippen molar-refractivity contribution in [1.29, 1.82) is 0 Å². The van der Waals surface area contributed by atoms with Crippen LogP contribution in [-0.2, 0) is 16.0 Å². The molecule has 1 N–H and O–H groups in total. The predicted octanol–water partition coefficient (Wildman–Crippen LogP) is 4.10. The Morgan fingerprint density at radius 1 is 1.00 bits per heavy atom. The molecule has 30 heavy (non-hydrogen) atoms. The summed E-state index contributed by atoms with van der Waals surface area (Å²) in [7, 11) is 0. The molecule has 1 heterocycles. The Labute approximate surface area is 176 Å².